The molecule has 1 unspecified atom stereocenters. The standard InChI is InChI=1S/C22H31N3O6S/c1-2-3-10-32(29,30)25-19(22(27)28)13-18-12-17-11-16(4-5-20(17)31-18)21(26)24-14-15-6-8-23-9-7-15/h4-5,11-12,15,19,23,25H,2-3,6-10,13-14H2,1H3,(H,24,26)(H,27,28). The maximum atomic E-state index is 12.5. The largest absolute Gasteiger partial charge is 0.480 e. The van der Waals surface area contributed by atoms with E-state index in [-0.39, 0.29) is 18.1 Å². The molecule has 2 heterocycles. The molecule has 1 saturated heterocycles. The number of nitrogens with one attached hydrogen (secondary N) is 3. The van der Waals surface area contributed by atoms with Crippen LogP contribution in [0.5, 0.6) is 0 Å². The minimum Gasteiger partial charge on any atom is -0.480 e. The third kappa shape index (κ3) is 6.78. The van der Waals surface area contributed by atoms with Gasteiger partial charge in [0.15, 0.2) is 0 Å². The summed E-state index contributed by atoms with van der Waals surface area (Å²) in [6.45, 7) is 4.43. The van der Waals surface area contributed by atoms with Crippen LogP contribution in [0.15, 0.2) is 28.7 Å². The molecule has 1 fully saturated rings. The molecule has 0 radical (unpaired) electrons. The van der Waals surface area contributed by atoms with Gasteiger partial charge >= 0.3 is 5.97 Å². The van der Waals surface area contributed by atoms with Crippen molar-refractivity contribution >= 4 is 32.9 Å². The molecule has 176 valence electrons. The Kier molecular flexibility index (Phi) is 8.27. The highest BCUT2D eigenvalue weighted by molar-refractivity contribution is 7.89. The van der Waals surface area contributed by atoms with E-state index >= 15 is 0 Å². The van der Waals surface area contributed by atoms with Crippen molar-refractivity contribution in [1.29, 1.82) is 0 Å². The van der Waals surface area contributed by atoms with Gasteiger partial charge in [0.1, 0.15) is 17.4 Å². The first kappa shape index (κ1) is 24.2. The second-order valence-corrected chi connectivity index (χ2v) is 10.1. The molecule has 10 heteroatoms. The van der Waals surface area contributed by atoms with E-state index in [0.717, 1.165) is 25.9 Å². The SMILES string of the molecule is CCCCS(=O)(=O)NC(Cc1cc2cc(C(=O)NCC3CCNCC3)ccc2o1)C(=O)O. The van der Waals surface area contributed by atoms with Gasteiger partial charge in [-0.25, -0.2) is 13.1 Å². The molecule has 1 aliphatic rings. The van der Waals surface area contributed by atoms with Crippen LogP contribution in [0.4, 0.5) is 0 Å². The summed E-state index contributed by atoms with van der Waals surface area (Å²) < 4.78 is 32.2. The number of carboxylic acids is 1. The van der Waals surface area contributed by atoms with Crippen LogP contribution in [0.3, 0.4) is 0 Å². The molecule has 0 saturated carbocycles. The molecular weight excluding hydrogens is 434 g/mol. The summed E-state index contributed by atoms with van der Waals surface area (Å²) in [5, 5.41) is 16.4. The zero-order chi connectivity index (χ0) is 23.1. The Labute approximate surface area is 188 Å². The molecule has 0 bridgehead atoms. The Bertz CT molecular complexity index is 1040. The summed E-state index contributed by atoms with van der Waals surface area (Å²) in [6.07, 6.45) is 3.09. The number of hydrogen-bond acceptors (Lipinski definition) is 6. The van der Waals surface area contributed by atoms with Crippen molar-refractivity contribution in [2.75, 3.05) is 25.4 Å². The van der Waals surface area contributed by atoms with Gasteiger partial charge in [0.05, 0.1) is 5.75 Å². The smallest absolute Gasteiger partial charge is 0.322 e. The van der Waals surface area contributed by atoms with E-state index in [4.69, 9.17) is 4.42 Å². The average molecular weight is 466 g/mol. The third-order valence-electron chi connectivity index (χ3n) is 5.63. The van der Waals surface area contributed by atoms with Gasteiger partial charge in [0, 0.05) is 23.9 Å². The summed E-state index contributed by atoms with van der Waals surface area (Å²) >= 11 is 0. The van der Waals surface area contributed by atoms with Gasteiger partial charge in [0.25, 0.3) is 5.91 Å². The van der Waals surface area contributed by atoms with E-state index in [1.165, 1.54) is 0 Å². The Morgan fingerprint density at radius 2 is 2.00 bits per heavy atom. The molecule has 0 spiro atoms. The molecule has 1 aliphatic heterocycles. The normalized spacial score (nSPS) is 16.2. The van der Waals surface area contributed by atoms with Crippen molar-refractivity contribution in [3.05, 3.63) is 35.6 Å². The van der Waals surface area contributed by atoms with Crippen molar-refractivity contribution in [2.45, 2.75) is 45.1 Å². The van der Waals surface area contributed by atoms with Crippen LogP contribution in [-0.2, 0) is 21.2 Å². The fraction of sp³-hybridized carbons (Fsp3) is 0.545. The van der Waals surface area contributed by atoms with Crippen molar-refractivity contribution in [3.63, 3.8) is 0 Å². The van der Waals surface area contributed by atoms with Crippen LogP contribution in [0.1, 0.15) is 48.7 Å². The van der Waals surface area contributed by atoms with Gasteiger partial charge in [-0.3, -0.25) is 9.59 Å². The number of amides is 1. The first-order chi connectivity index (χ1) is 15.3. The fourth-order valence-electron chi connectivity index (χ4n) is 3.76. The number of hydrogen-bond donors (Lipinski definition) is 4. The summed E-state index contributed by atoms with van der Waals surface area (Å²) in [5.74, 6) is -0.761. The quantitative estimate of drug-likeness (QED) is 0.397. The highest BCUT2D eigenvalue weighted by Crippen LogP contribution is 2.22. The van der Waals surface area contributed by atoms with Gasteiger partial charge in [-0.2, -0.15) is 0 Å². The molecule has 4 N–H and O–H groups in total. The Morgan fingerprint density at radius 1 is 1.25 bits per heavy atom. The summed E-state index contributed by atoms with van der Waals surface area (Å²) in [7, 11) is -3.70. The molecule has 1 amide bonds. The number of unbranched alkanes of at least 4 members (excludes halogenated alkanes) is 1. The zero-order valence-electron chi connectivity index (χ0n) is 18.2. The number of carbonyl (C=O) groups is 2. The lowest BCUT2D eigenvalue weighted by Gasteiger charge is -2.22. The van der Waals surface area contributed by atoms with Crippen molar-refractivity contribution < 1.29 is 27.5 Å². The summed E-state index contributed by atoms with van der Waals surface area (Å²) in [5.41, 5.74) is 1.00. The van der Waals surface area contributed by atoms with E-state index in [1.807, 2.05) is 6.92 Å². The molecule has 1 atom stereocenters. The number of fused-ring (bicyclic) bond motifs is 1. The number of furan rings is 1. The van der Waals surface area contributed by atoms with E-state index in [9.17, 15) is 23.1 Å². The monoisotopic (exact) mass is 465 g/mol. The van der Waals surface area contributed by atoms with Gasteiger partial charge in [-0.15, -0.1) is 0 Å². The van der Waals surface area contributed by atoms with Gasteiger partial charge < -0.3 is 20.2 Å². The molecule has 2 aromatic rings. The van der Waals surface area contributed by atoms with Gasteiger partial charge in [0.2, 0.25) is 10.0 Å². The predicted molar refractivity (Wildman–Crippen MR) is 121 cm³/mol. The number of carbonyl (C=O) groups excluding carboxylic acids is 1. The van der Waals surface area contributed by atoms with Crippen LogP contribution in [0.25, 0.3) is 11.0 Å². The van der Waals surface area contributed by atoms with E-state index in [1.54, 1.807) is 24.3 Å². The molecule has 1 aromatic carbocycles. The number of rotatable bonds is 11. The number of carboxylic acid groups (broad SMARTS) is 1. The van der Waals surface area contributed by atoms with Gasteiger partial charge in [-0.1, -0.05) is 13.3 Å². The molecule has 9 nitrogen and oxygen atoms in total. The van der Waals surface area contributed by atoms with Crippen LogP contribution in [-0.4, -0.2) is 56.8 Å². The number of sulfonamides is 1. The lowest BCUT2D eigenvalue weighted by Crippen LogP contribution is -2.43. The maximum Gasteiger partial charge on any atom is 0.322 e. The summed E-state index contributed by atoms with van der Waals surface area (Å²) in [6, 6.07) is 5.34. The minimum atomic E-state index is -3.70. The highest BCUT2D eigenvalue weighted by Gasteiger charge is 2.25. The van der Waals surface area contributed by atoms with E-state index in [2.05, 4.69) is 15.4 Å². The maximum absolute atomic E-state index is 12.5. The zero-order valence-corrected chi connectivity index (χ0v) is 19.0. The second kappa shape index (κ2) is 10.9. The first-order valence-electron chi connectivity index (χ1n) is 11.0. The van der Waals surface area contributed by atoms with Gasteiger partial charge in [-0.05, 0) is 62.5 Å². The number of benzene rings is 1. The molecule has 1 aromatic heterocycles. The average Bonchev–Trinajstić information content (AvgIpc) is 3.17. The molecule has 32 heavy (non-hydrogen) atoms. The van der Waals surface area contributed by atoms with Crippen LogP contribution < -0.4 is 15.4 Å². The van der Waals surface area contributed by atoms with Crippen molar-refractivity contribution in [1.82, 2.24) is 15.4 Å². The predicted octanol–water partition coefficient (Wildman–Crippen LogP) is 1.88. The lowest BCUT2D eigenvalue weighted by molar-refractivity contribution is -0.139. The second-order valence-electron chi connectivity index (χ2n) is 8.25. The Morgan fingerprint density at radius 3 is 2.69 bits per heavy atom. The van der Waals surface area contributed by atoms with Crippen molar-refractivity contribution in [3.8, 4) is 0 Å². The fourth-order valence-corrected chi connectivity index (χ4v) is 5.16. The highest BCUT2D eigenvalue weighted by atomic mass is 32.2. The summed E-state index contributed by atoms with van der Waals surface area (Å²) in [4.78, 5) is 24.1. The first-order valence-corrected chi connectivity index (χ1v) is 12.7. The Balaban J connectivity index is 1.66. The molecular formula is C22H31N3O6S. The lowest BCUT2D eigenvalue weighted by atomic mass is 9.98. The van der Waals surface area contributed by atoms with Crippen LogP contribution in [0, 0.1) is 5.92 Å². The molecule has 3 rings (SSSR count). The van der Waals surface area contributed by atoms with E-state index < -0.39 is 22.0 Å². The number of aliphatic carboxylic acids is 1. The van der Waals surface area contributed by atoms with Crippen LogP contribution >= 0.6 is 0 Å². The molecule has 0 aliphatic carbocycles. The number of piperidine rings is 1. The topological polar surface area (TPSA) is 138 Å². The van der Waals surface area contributed by atoms with E-state index in [0.29, 0.717) is 47.6 Å². The third-order valence-corrected chi connectivity index (χ3v) is 7.10. The Hall–Kier alpha value is -2.43. The van der Waals surface area contributed by atoms with Crippen LogP contribution in [0.2, 0.25) is 0 Å². The van der Waals surface area contributed by atoms with Crippen molar-refractivity contribution in [2.24, 2.45) is 5.92 Å². The minimum absolute atomic E-state index is 0.122.